The smallest absolute Gasteiger partial charge is 0.0622 e. The van der Waals surface area contributed by atoms with Gasteiger partial charge in [0.15, 0.2) is 0 Å². The van der Waals surface area contributed by atoms with Crippen LogP contribution < -0.4 is 0 Å². The summed E-state index contributed by atoms with van der Waals surface area (Å²) in [5, 5.41) is -1.76. The van der Waals surface area contributed by atoms with Gasteiger partial charge < -0.3 is 0 Å². The normalized spacial score (nSPS) is 17.7. The molecule has 0 heterocycles. The van der Waals surface area contributed by atoms with Crippen molar-refractivity contribution in [2.45, 2.75) is 0 Å². The van der Waals surface area contributed by atoms with Gasteiger partial charge in [-0.2, -0.15) is 0 Å². The van der Waals surface area contributed by atoms with Gasteiger partial charge in [-0.05, 0) is 88.9 Å². The molecular weight excluding hydrogens is 504 g/mol. The van der Waals surface area contributed by atoms with E-state index < -0.39 is 125 Å². The second-order valence-electron chi connectivity index (χ2n) is 9.45. The Morgan fingerprint density at radius 2 is 0.952 bits per heavy atom. The molecule has 0 atom stereocenters. The maximum Gasteiger partial charge on any atom is 0.0636 e. The Balaban J connectivity index is 1.59. The number of hydrogen-bond acceptors (Lipinski definition) is 0. The van der Waals surface area contributed by atoms with Gasteiger partial charge in [-0.1, -0.05) is 157 Å². The SMILES string of the molecule is [2H]c1c([2H])c([2H])c(-c2c3c([2H])c([2H])c([2H])c([2H])c3c(-c3cccc(-c4c([2H])c([2H])c([2H])c5c([2H])c(-c6ccccc6)c([2H])c([2H])c45)c3)c3c([2H])c([2H])c([2H])c([2H])c23)c([2H])c1[2H]. The number of fused-ring (bicyclic) bond motifs is 3. The molecule has 0 spiro atoms. The van der Waals surface area contributed by atoms with Crippen LogP contribution in [0.1, 0.15) is 26.0 Å². The molecule has 0 aliphatic carbocycles. The Hall–Kier alpha value is -5.46. The summed E-state index contributed by atoms with van der Waals surface area (Å²) >= 11 is 0. The molecule has 0 heteroatoms. The van der Waals surface area contributed by atoms with Gasteiger partial charge in [-0.15, -0.1) is 0 Å². The van der Waals surface area contributed by atoms with Gasteiger partial charge in [-0.3, -0.25) is 0 Å². The fourth-order valence-corrected chi connectivity index (χ4v) is 5.24. The minimum atomic E-state index is -0.794. The predicted octanol–water partition coefficient (Wildman–Crippen LogP) is 11.8. The van der Waals surface area contributed by atoms with Crippen LogP contribution in [-0.2, 0) is 0 Å². The molecule has 42 heavy (non-hydrogen) atoms. The van der Waals surface area contributed by atoms with Crippen LogP contribution in [0.5, 0.6) is 0 Å². The van der Waals surface area contributed by atoms with Crippen LogP contribution in [0.4, 0.5) is 0 Å². The first-order valence-electron chi connectivity index (χ1n) is 22.5. The van der Waals surface area contributed by atoms with E-state index in [1.54, 1.807) is 30.3 Å². The van der Waals surface area contributed by atoms with Crippen LogP contribution in [0.25, 0.3) is 76.8 Å². The van der Waals surface area contributed by atoms with E-state index in [9.17, 15) is 8.22 Å². The lowest BCUT2D eigenvalue weighted by molar-refractivity contribution is 1.62. The monoisotopic (exact) mass is 551 g/mol. The molecule has 0 saturated carbocycles. The van der Waals surface area contributed by atoms with E-state index in [0.29, 0.717) is 5.56 Å². The van der Waals surface area contributed by atoms with Gasteiger partial charge in [0, 0.05) is 0 Å². The quantitative estimate of drug-likeness (QED) is 0.191. The zero-order valence-corrected chi connectivity index (χ0v) is 21.7. The first-order chi connectivity index (χ1) is 28.8. The van der Waals surface area contributed by atoms with Crippen LogP contribution >= 0.6 is 0 Å². The van der Waals surface area contributed by atoms with Gasteiger partial charge >= 0.3 is 0 Å². The van der Waals surface area contributed by atoms with E-state index in [-0.39, 0.29) is 61.4 Å². The molecule has 0 saturated heterocycles. The fourth-order valence-electron chi connectivity index (χ4n) is 5.24. The molecule has 8 aromatic rings. The molecule has 0 nitrogen and oxygen atoms in total. The van der Waals surface area contributed by atoms with Crippen molar-refractivity contribution in [1.29, 1.82) is 0 Å². The van der Waals surface area contributed by atoms with Crippen molar-refractivity contribution in [2.75, 3.05) is 0 Å². The molecule has 0 aromatic heterocycles. The largest absolute Gasteiger partial charge is 0.0636 e. The van der Waals surface area contributed by atoms with Crippen LogP contribution in [0.3, 0.4) is 0 Å². The second kappa shape index (κ2) is 10.2. The topological polar surface area (TPSA) is 0 Å². The summed E-state index contributed by atoms with van der Waals surface area (Å²) in [6.07, 6.45) is 0. The minimum absolute atomic E-state index is 0.0452. The molecule has 0 bridgehead atoms. The number of hydrogen-bond donors (Lipinski definition) is 0. The molecular formula is C42H28. The van der Waals surface area contributed by atoms with Crippen molar-refractivity contribution in [3.8, 4) is 44.5 Å². The zero-order chi connectivity index (χ0) is 44.4. The Bertz CT molecular complexity index is 3180. The van der Waals surface area contributed by atoms with Gasteiger partial charge in [0.1, 0.15) is 0 Å². The number of benzene rings is 8. The highest BCUT2D eigenvalue weighted by atomic mass is 14.2. The van der Waals surface area contributed by atoms with E-state index in [4.69, 9.17) is 17.8 Å². The van der Waals surface area contributed by atoms with Crippen LogP contribution in [0.15, 0.2) is 169 Å². The molecule has 196 valence electrons. The Morgan fingerprint density at radius 1 is 0.357 bits per heavy atom. The summed E-state index contributed by atoms with van der Waals surface area (Å²) in [4.78, 5) is 0. The molecule has 0 radical (unpaired) electrons. The highest BCUT2D eigenvalue weighted by Gasteiger charge is 2.17. The average molecular weight is 552 g/mol. The van der Waals surface area contributed by atoms with Gasteiger partial charge in [0.25, 0.3) is 0 Å². The second-order valence-corrected chi connectivity index (χ2v) is 9.45. The maximum absolute atomic E-state index is 9.25. The highest BCUT2D eigenvalue weighted by molar-refractivity contribution is 6.21. The Morgan fingerprint density at radius 3 is 1.64 bits per heavy atom. The molecule has 0 aliphatic heterocycles. The van der Waals surface area contributed by atoms with Gasteiger partial charge in [0.05, 0.1) is 26.0 Å². The van der Waals surface area contributed by atoms with Gasteiger partial charge in [0.2, 0.25) is 0 Å². The summed E-state index contributed by atoms with van der Waals surface area (Å²) < 4.78 is 169. The fraction of sp³-hybridized carbons (Fsp3) is 0. The summed E-state index contributed by atoms with van der Waals surface area (Å²) in [5.74, 6) is 0. The third-order valence-electron chi connectivity index (χ3n) is 7.06. The van der Waals surface area contributed by atoms with Crippen molar-refractivity contribution >= 4 is 32.3 Å². The first kappa shape index (κ1) is 11.8. The van der Waals surface area contributed by atoms with Crippen molar-refractivity contribution in [3.63, 3.8) is 0 Å². The molecule has 0 N–H and O–H groups in total. The Labute approximate surface area is 272 Å². The summed E-state index contributed by atoms with van der Waals surface area (Å²) in [5.41, 5.74) is -0.661. The van der Waals surface area contributed by atoms with Crippen molar-refractivity contribution < 1.29 is 26.0 Å². The lowest BCUT2D eigenvalue weighted by atomic mass is 9.85. The summed E-state index contributed by atoms with van der Waals surface area (Å²) in [7, 11) is 0. The molecule has 0 fully saturated rings. The first-order valence-corrected chi connectivity index (χ1v) is 13.0. The van der Waals surface area contributed by atoms with E-state index >= 15 is 0 Å². The van der Waals surface area contributed by atoms with Crippen molar-refractivity contribution in [1.82, 2.24) is 0 Å². The van der Waals surface area contributed by atoms with E-state index in [1.165, 1.54) is 24.3 Å². The molecule has 0 aliphatic rings. The van der Waals surface area contributed by atoms with Crippen LogP contribution in [0, 0.1) is 0 Å². The molecule has 8 aromatic carbocycles. The third-order valence-corrected chi connectivity index (χ3v) is 7.06. The zero-order valence-electron chi connectivity index (χ0n) is 40.7. The van der Waals surface area contributed by atoms with Crippen LogP contribution in [-0.4, -0.2) is 0 Å². The molecule has 8 rings (SSSR count). The van der Waals surface area contributed by atoms with Gasteiger partial charge in [-0.25, -0.2) is 0 Å². The lowest BCUT2D eigenvalue weighted by Gasteiger charge is -2.18. The highest BCUT2D eigenvalue weighted by Crippen LogP contribution is 2.44. The maximum atomic E-state index is 9.25. The molecule has 0 amide bonds. The average Bonchev–Trinajstić information content (AvgIpc) is 3.25. The molecule has 0 unspecified atom stereocenters. The van der Waals surface area contributed by atoms with E-state index in [0.717, 1.165) is 0 Å². The third kappa shape index (κ3) is 4.08. The van der Waals surface area contributed by atoms with E-state index in [2.05, 4.69) is 0 Å². The Kier molecular flexibility index (Phi) is 2.86. The van der Waals surface area contributed by atoms with Crippen molar-refractivity contribution in [2.24, 2.45) is 0 Å². The summed E-state index contributed by atoms with van der Waals surface area (Å²) in [6.45, 7) is 0. The minimum Gasteiger partial charge on any atom is -0.0622 e. The lowest BCUT2D eigenvalue weighted by Crippen LogP contribution is -1.91. The summed E-state index contributed by atoms with van der Waals surface area (Å²) in [6, 6.07) is 1.73. The predicted molar refractivity (Wildman–Crippen MR) is 181 cm³/mol. The standard InChI is InChI=1S/C42H28/c1-3-13-29(14-4-1)31-25-26-36-32(27-31)18-12-24-35(36)33-17-11-19-34(28-33)42-39-22-9-7-20-37(39)41(30-15-5-2-6-16-30)38-21-8-10-23-40(38)42/h1-28H/i2D,5D,6D,7D,8D,9D,10D,12D,15D,16D,18D,20D,21D,22D,23D,24D,25D,26D,27D. The van der Waals surface area contributed by atoms with E-state index in [1.807, 2.05) is 0 Å². The van der Waals surface area contributed by atoms with Crippen molar-refractivity contribution in [3.05, 3.63) is 169 Å². The van der Waals surface area contributed by atoms with Crippen LogP contribution in [0.2, 0.25) is 0 Å². The number of rotatable bonds is 4.